The van der Waals surface area contributed by atoms with Gasteiger partial charge >= 0.3 is 0 Å². The normalized spacial score (nSPS) is 10.1. The van der Waals surface area contributed by atoms with Crippen molar-refractivity contribution in [2.45, 2.75) is 6.92 Å². The quantitative estimate of drug-likeness (QED) is 0.759. The molecule has 0 aromatic heterocycles. The number of methoxy groups -OCH3 is 1. The van der Waals surface area contributed by atoms with Crippen molar-refractivity contribution in [3.05, 3.63) is 28.2 Å². The summed E-state index contributed by atoms with van der Waals surface area (Å²) in [5.41, 5.74) is 1.18. The maximum Gasteiger partial charge on any atom is 0.133 e. The molecule has 0 radical (unpaired) electrons. The summed E-state index contributed by atoms with van der Waals surface area (Å²) < 4.78 is 11.4. The number of ether oxygens (including phenoxy) is 2. The van der Waals surface area contributed by atoms with Crippen LogP contribution in [0.3, 0.4) is 0 Å². The van der Waals surface area contributed by atoms with Gasteiger partial charge in [-0.05, 0) is 34.5 Å². The zero-order chi connectivity index (χ0) is 9.68. The van der Waals surface area contributed by atoms with Crippen molar-refractivity contribution in [2.24, 2.45) is 0 Å². The van der Waals surface area contributed by atoms with Crippen LogP contribution >= 0.6 is 15.9 Å². The van der Waals surface area contributed by atoms with Crippen LogP contribution in [0, 0.1) is 6.92 Å². The van der Waals surface area contributed by atoms with E-state index >= 15 is 0 Å². The first kappa shape index (κ1) is 10.5. The second-order valence-electron chi connectivity index (χ2n) is 2.73. The molecule has 0 aliphatic rings. The lowest BCUT2D eigenvalue weighted by Crippen LogP contribution is -2.04. The monoisotopic (exact) mass is 244 g/mol. The summed E-state index contributed by atoms with van der Waals surface area (Å²) in [5, 5.41) is 0. The summed E-state index contributed by atoms with van der Waals surface area (Å²) in [6.07, 6.45) is 0. The molecule has 1 rings (SSSR count). The maximum absolute atomic E-state index is 5.49. The molecule has 0 heterocycles. The van der Waals surface area contributed by atoms with E-state index in [2.05, 4.69) is 15.9 Å². The second kappa shape index (κ2) is 5.25. The van der Waals surface area contributed by atoms with E-state index in [1.54, 1.807) is 7.11 Å². The van der Waals surface area contributed by atoms with Crippen molar-refractivity contribution < 1.29 is 9.47 Å². The van der Waals surface area contributed by atoms with Crippen LogP contribution in [0.4, 0.5) is 0 Å². The van der Waals surface area contributed by atoms with Crippen LogP contribution in [0.15, 0.2) is 22.7 Å². The van der Waals surface area contributed by atoms with Gasteiger partial charge in [-0.2, -0.15) is 0 Å². The molecule has 1 aromatic carbocycles. The Morgan fingerprint density at radius 1 is 1.31 bits per heavy atom. The smallest absolute Gasteiger partial charge is 0.133 e. The third-order valence-corrected chi connectivity index (χ3v) is 2.72. The van der Waals surface area contributed by atoms with Crippen molar-refractivity contribution in [1.29, 1.82) is 0 Å². The highest BCUT2D eigenvalue weighted by Gasteiger charge is 2.01. The lowest BCUT2D eigenvalue weighted by Gasteiger charge is -2.08. The third kappa shape index (κ3) is 3.01. The third-order valence-electron chi connectivity index (χ3n) is 1.70. The van der Waals surface area contributed by atoms with E-state index in [-0.39, 0.29) is 0 Å². The van der Waals surface area contributed by atoms with Gasteiger partial charge in [0.1, 0.15) is 12.4 Å². The Balaban J connectivity index is 2.61. The van der Waals surface area contributed by atoms with Crippen LogP contribution in [0.5, 0.6) is 5.75 Å². The molecule has 0 saturated carbocycles. The summed E-state index contributed by atoms with van der Waals surface area (Å²) >= 11 is 3.47. The SMILES string of the molecule is COCCOc1cccc(C)c1Br. The molecule has 13 heavy (non-hydrogen) atoms. The van der Waals surface area contributed by atoms with Crippen LogP contribution in [0.2, 0.25) is 0 Å². The van der Waals surface area contributed by atoms with E-state index in [0.717, 1.165) is 10.2 Å². The number of hydrogen-bond donors (Lipinski definition) is 0. The second-order valence-corrected chi connectivity index (χ2v) is 3.52. The van der Waals surface area contributed by atoms with Crippen LogP contribution in [-0.4, -0.2) is 20.3 Å². The Labute approximate surface area is 87.0 Å². The topological polar surface area (TPSA) is 18.5 Å². The first-order valence-corrected chi connectivity index (χ1v) is 4.92. The molecule has 3 heteroatoms. The predicted molar refractivity (Wildman–Crippen MR) is 56.3 cm³/mol. The molecule has 0 saturated heterocycles. The molecule has 0 aliphatic carbocycles. The van der Waals surface area contributed by atoms with E-state index in [4.69, 9.17) is 9.47 Å². The molecule has 72 valence electrons. The molecule has 0 bridgehead atoms. The lowest BCUT2D eigenvalue weighted by molar-refractivity contribution is 0.146. The zero-order valence-electron chi connectivity index (χ0n) is 7.84. The minimum atomic E-state index is 0.582. The van der Waals surface area contributed by atoms with E-state index in [9.17, 15) is 0 Å². The highest BCUT2D eigenvalue weighted by molar-refractivity contribution is 9.10. The van der Waals surface area contributed by atoms with Gasteiger partial charge in [0.25, 0.3) is 0 Å². The summed E-state index contributed by atoms with van der Waals surface area (Å²) in [6.45, 7) is 3.23. The fraction of sp³-hybridized carbons (Fsp3) is 0.400. The van der Waals surface area contributed by atoms with Crippen LogP contribution in [0.1, 0.15) is 5.56 Å². The van der Waals surface area contributed by atoms with Gasteiger partial charge in [0, 0.05) is 7.11 Å². The van der Waals surface area contributed by atoms with E-state index < -0.39 is 0 Å². The number of aryl methyl sites for hydroxylation is 1. The summed E-state index contributed by atoms with van der Waals surface area (Å²) in [5.74, 6) is 0.872. The Kier molecular flexibility index (Phi) is 4.25. The molecular formula is C10H13BrO2. The Morgan fingerprint density at radius 2 is 2.08 bits per heavy atom. The van der Waals surface area contributed by atoms with Gasteiger partial charge < -0.3 is 9.47 Å². The Bertz CT molecular complexity index is 274. The minimum absolute atomic E-state index is 0.582. The zero-order valence-corrected chi connectivity index (χ0v) is 9.43. The average molecular weight is 245 g/mol. The first-order valence-electron chi connectivity index (χ1n) is 4.12. The number of hydrogen-bond acceptors (Lipinski definition) is 2. The summed E-state index contributed by atoms with van der Waals surface area (Å²) in [4.78, 5) is 0. The molecule has 0 amide bonds. The number of rotatable bonds is 4. The Morgan fingerprint density at radius 3 is 2.77 bits per heavy atom. The summed E-state index contributed by atoms with van der Waals surface area (Å²) in [6, 6.07) is 5.95. The average Bonchev–Trinajstić information content (AvgIpc) is 2.13. The van der Waals surface area contributed by atoms with Gasteiger partial charge in [0.15, 0.2) is 0 Å². The van der Waals surface area contributed by atoms with Gasteiger partial charge in [0.2, 0.25) is 0 Å². The fourth-order valence-corrected chi connectivity index (χ4v) is 1.35. The van der Waals surface area contributed by atoms with Gasteiger partial charge in [-0.3, -0.25) is 0 Å². The lowest BCUT2D eigenvalue weighted by atomic mass is 10.2. The van der Waals surface area contributed by atoms with Crippen molar-refractivity contribution in [2.75, 3.05) is 20.3 Å². The number of benzene rings is 1. The van der Waals surface area contributed by atoms with Crippen LogP contribution < -0.4 is 4.74 Å². The van der Waals surface area contributed by atoms with Crippen molar-refractivity contribution in [3.63, 3.8) is 0 Å². The van der Waals surface area contributed by atoms with E-state index in [1.165, 1.54) is 5.56 Å². The fourth-order valence-electron chi connectivity index (χ4n) is 0.967. The van der Waals surface area contributed by atoms with Crippen molar-refractivity contribution >= 4 is 15.9 Å². The molecule has 0 spiro atoms. The van der Waals surface area contributed by atoms with Gasteiger partial charge in [0.05, 0.1) is 11.1 Å². The van der Waals surface area contributed by atoms with Crippen molar-refractivity contribution in [1.82, 2.24) is 0 Å². The van der Waals surface area contributed by atoms with Crippen molar-refractivity contribution in [3.8, 4) is 5.75 Å². The van der Waals surface area contributed by atoms with E-state index in [1.807, 2.05) is 25.1 Å². The molecule has 0 N–H and O–H groups in total. The number of halogens is 1. The van der Waals surface area contributed by atoms with Crippen LogP contribution in [0.25, 0.3) is 0 Å². The predicted octanol–water partition coefficient (Wildman–Crippen LogP) is 2.78. The van der Waals surface area contributed by atoms with E-state index in [0.29, 0.717) is 13.2 Å². The van der Waals surface area contributed by atoms with Gasteiger partial charge in [-0.15, -0.1) is 0 Å². The largest absolute Gasteiger partial charge is 0.490 e. The molecule has 2 nitrogen and oxygen atoms in total. The molecule has 0 unspecified atom stereocenters. The molecule has 0 atom stereocenters. The summed E-state index contributed by atoms with van der Waals surface area (Å²) in [7, 11) is 1.66. The molecule has 0 aliphatic heterocycles. The standard InChI is InChI=1S/C10H13BrO2/c1-8-4-3-5-9(10(8)11)13-7-6-12-2/h3-5H,6-7H2,1-2H3. The van der Waals surface area contributed by atoms with Crippen LogP contribution in [-0.2, 0) is 4.74 Å². The molecular weight excluding hydrogens is 232 g/mol. The Hall–Kier alpha value is -0.540. The first-order chi connectivity index (χ1) is 6.25. The molecule has 0 fully saturated rings. The maximum atomic E-state index is 5.49. The molecule has 1 aromatic rings. The highest BCUT2D eigenvalue weighted by Crippen LogP contribution is 2.27. The van der Waals surface area contributed by atoms with Gasteiger partial charge in [-0.1, -0.05) is 12.1 Å². The highest BCUT2D eigenvalue weighted by atomic mass is 79.9. The minimum Gasteiger partial charge on any atom is -0.490 e. The van der Waals surface area contributed by atoms with Gasteiger partial charge in [-0.25, -0.2) is 0 Å².